The maximum absolute atomic E-state index is 13.7. The predicted molar refractivity (Wildman–Crippen MR) is 111 cm³/mol. The summed E-state index contributed by atoms with van der Waals surface area (Å²) in [6, 6.07) is 6.74. The predicted octanol–water partition coefficient (Wildman–Crippen LogP) is 1.49. The van der Waals surface area contributed by atoms with Gasteiger partial charge in [-0.2, -0.15) is 5.26 Å². The topological polar surface area (TPSA) is 138 Å². The summed E-state index contributed by atoms with van der Waals surface area (Å²) in [5, 5.41) is 18.1. The second-order valence-electron chi connectivity index (χ2n) is 6.93. The zero-order chi connectivity index (χ0) is 22.3. The van der Waals surface area contributed by atoms with Crippen molar-refractivity contribution in [2.45, 2.75) is 25.4 Å². The van der Waals surface area contributed by atoms with Crippen LogP contribution in [0.4, 0.5) is 15.0 Å². The maximum Gasteiger partial charge on any atom is 0.320 e. The third kappa shape index (κ3) is 6.48. The molecule has 2 heterocycles. The maximum atomic E-state index is 13.7. The molecule has 1 aliphatic rings. The lowest BCUT2D eigenvalue weighted by Gasteiger charge is -2.22. The monoisotopic (exact) mass is 450 g/mol. The molecule has 0 radical (unpaired) electrons. The van der Waals surface area contributed by atoms with E-state index in [1.54, 1.807) is 6.07 Å². The Kier molecular flexibility index (Phi) is 7.56. The van der Waals surface area contributed by atoms with Gasteiger partial charge in [-0.05, 0) is 31.4 Å². The zero-order valence-electron chi connectivity index (χ0n) is 16.7. The molecule has 0 saturated carbocycles. The quantitative estimate of drug-likeness (QED) is 0.557. The number of amides is 2. The minimum absolute atomic E-state index is 0.101. The van der Waals surface area contributed by atoms with Gasteiger partial charge in [-0.25, -0.2) is 27.0 Å². The lowest BCUT2D eigenvalue weighted by Crippen LogP contribution is -2.40. The number of hydrogen-bond donors (Lipinski definition) is 3. The number of anilines is 1. The van der Waals surface area contributed by atoms with Gasteiger partial charge in [-0.3, -0.25) is 5.32 Å². The number of ether oxygens (including phenoxy) is 1. The summed E-state index contributed by atoms with van der Waals surface area (Å²) in [7, 11) is -3.55. The Labute approximate surface area is 179 Å². The SMILES string of the molecule is N#Cc1c(F)cccc1-n1ccc(NC(=O)NCCS(=O)(=O)NCC2CCCCO2)n1. The number of carbonyl (C=O) groups excluding carboxylic acids is 1. The van der Waals surface area contributed by atoms with Gasteiger partial charge in [-0.1, -0.05) is 6.07 Å². The van der Waals surface area contributed by atoms with Crippen LogP contribution in [0.5, 0.6) is 0 Å². The molecule has 1 fully saturated rings. The normalized spacial score (nSPS) is 16.5. The zero-order valence-corrected chi connectivity index (χ0v) is 17.5. The summed E-state index contributed by atoms with van der Waals surface area (Å²) < 4.78 is 47.1. The molecule has 31 heavy (non-hydrogen) atoms. The number of nitriles is 1. The summed E-state index contributed by atoms with van der Waals surface area (Å²) in [5.41, 5.74) is 0.0630. The molecule has 3 N–H and O–H groups in total. The highest BCUT2D eigenvalue weighted by Crippen LogP contribution is 2.17. The van der Waals surface area contributed by atoms with Gasteiger partial charge in [0.25, 0.3) is 0 Å². The number of benzene rings is 1. The second-order valence-corrected chi connectivity index (χ2v) is 8.85. The van der Waals surface area contributed by atoms with Crippen LogP contribution in [-0.2, 0) is 14.8 Å². The van der Waals surface area contributed by atoms with Crippen molar-refractivity contribution in [3.05, 3.63) is 41.8 Å². The molecule has 1 aromatic carbocycles. The summed E-state index contributed by atoms with van der Waals surface area (Å²) in [6.07, 6.45) is 4.17. The van der Waals surface area contributed by atoms with Crippen molar-refractivity contribution in [3.63, 3.8) is 0 Å². The largest absolute Gasteiger partial charge is 0.377 e. The van der Waals surface area contributed by atoms with Gasteiger partial charge in [0.05, 0.1) is 17.5 Å². The first kappa shape index (κ1) is 22.7. The average Bonchev–Trinajstić information content (AvgIpc) is 3.21. The van der Waals surface area contributed by atoms with Crippen LogP contribution in [0.3, 0.4) is 0 Å². The Hall–Kier alpha value is -3.01. The van der Waals surface area contributed by atoms with Crippen LogP contribution in [0.25, 0.3) is 5.69 Å². The number of carbonyl (C=O) groups is 1. The van der Waals surface area contributed by atoms with E-state index >= 15 is 0 Å². The molecule has 1 atom stereocenters. The van der Waals surface area contributed by atoms with Gasteiger partial charge in [0.15, 0.2) is 5.82 Å². The van der Waals surface area contributed by atoms with Crippen LogP contribution in [0.1, 0.15) is 24.8 Å². The van der Waals surface area contributed by atoms with E-state index in [9.17, 15) is 17.6 Å². The second kappa shape index (κ2) is 10.3. The minimum atomic E-state index is -3.55. The van der Waals surface area contributed by atoms with Crippen LogP contribution in [0.15, 0.2) is 30.5 Å². The molecule has 1 aliphatic heterocycles. The first-order chi connectivity index (χ1) is 14.9. The first-order valence-corrected chi connectivity index (χ1v) is 11.4. The van der Waals surface area contributed by atoms with Crippen molar-refractivity contribution < 1.29 is 22.3 Å². The number of nitrogens with zero attached hydrogens (tertiary/aromatic N) is 3. The first-order valence-electron chi connectivity index (χ1n) is 9.76. The molecule has 10 nitrogen and oxygen atoms in total. The smallest absolute Gasteiger partial charge is 0.320 e. The highest BCUT2D eigenvalue weighted by molar-refractivity contribution is 7.89. The van der Waals surface area contributed by atoms with E-state index in [0.717, 1.165) is 19.3 Å². The van der Waals surface area contributed by atoms with Crippen molar-refractivity contribution in [2.75, 3.05) is 30.8 Å². The van der Waals surface area contributed by atoms with E-state index in [-0.39, 0.29) is 42.0 Å². The fourth-order valence-electron chi connectivity index (χ4n) is 3.06. The van der Waals surface area contributed by atoms with Crippen LogP contribution >= 0.6 is 0 Å². The molecule has 0 spiro atoms. The van der Waals surface area contributed by atoms with Gasteiger partial charge in [0, 0.05) is 32.0 Å². The van der Waals surface area contributed by atoms with E-state index in [4.69, 9.17) is 10.00 Å². The van der Waals surface area contributed by atoms with E-state index in [2.05, 4.69) is 20.5 Å². The Balaban J connectivity index is 1.46. The number of nitrogens with one attached hydrogen (secondary N) is 3. The van der Waals surface area contributed by atoms with E-state index in [1.165, 1.54) is 35.1 Å². The van der Waals surface area contributed by atoms with Gasteiger partial charge in [-0.15, -0.1) is 5.10 Å². The molecule has 2 aromatic rings. The molecule has 0 aliphatic carbocycles. The molecule has 1 saturated heterocycles. The number of hydrogen-bond acceptors (Lipinski definition) is 6. The van der Waals surface area contributed by atoms with Crippen molar-refractivity contribution >= 4 is 21.9 Å². The van der Waals surface area contributed by atoms with Crippen LogP contribution in [0.2, 0.25) is 0 Å². The Morgan fingerprint density at radius 2 is 2.19 bits per heavy atom. The Morgan fingerprint density at radius 1 is 1.35 bits per heavy atom. The Morgan fingerprint density at radius 3 is 2.94 bits per heavy atom. The molecule has 12 heteroatoms. The molecule has 1 unspecified atom stereocenters. The fourth-order valence-corrected chi connectivity index (χ4v) is 4.01. The van der Waals surface area contributed by atoms with Crippen LogP contribution in [0, 0.1) is 17.1 Å². The molecule has 166 valence electrons. The number of aromatic nitrogens is 2. The summed E-state index contributed by atoms with van der Waals surface area (Å²) in [6.45, 7) is 0.757. The lowest BCUT2D eigenvalue weighted by atomic mass is 10.1. The summed E-state index contributed by atoms with van der Waals surface area (Å²) in [4.78, 5) is 12.0. The van der Waals surface area contributed by atoms with Crippen molar-refractivity contribution in [1.29, 1.82) is 5.26 Å². The third-order valence-electron chi connectivity index (χ3n) is 4.64. The highest BCUT2D eigenvalue weighted by atomic mass is 32.2. The fraction of sp³-hybridized carbons (Fsp3) is 0.421. The highest BCUT2D eigenvalue weighted by Gasteiger charge is 2.18. The molecule has 1 aromatic heterocycles. The molecular weight excluding hydrogens is 427 g/mol. The van der Waals surface area contributed by atoms with Crippen LogP contribution in [-0.4, -0.2) is 55.8 Å². The molecule has 0 bridgehead atoms. The average molecular weight is 450 g/mol. The number of halogens is 1. The lowest BCUT2D eigenvalue weighted by molar-refractivity contribution is 0.0200. The van der Waals surface area contributed by atoms with Crippen molar-refractivity contribution in [2.24, 2.45) is 0 Å². The van der Waals surface area contributed by atoms with Crippen LogP contribution < -0.4 is 15.4 Å². The van der Waals surface area contributed by atoms with Gasteiger partial charge < -0.3 is 10.1 Å². The van der Waals surface area contributed by atoms with E-state index in [1.807, 2.05) is 0 Å². The Bertz CT molecular complexity index is 1060. The van der Waals surface area contributed by atoms with Gasteiger partial charge in [0.1, 0.15) is 17.4 Å². The van der Waals surface area contributed by atoms with E-state index in [0.29, 0.717) is 6.61 Å². The van der Waals surface area contributed by atoms with Gasteiger partial charge in [0.2, 0.25) is 10.0 Å². The minimum Gasteiger partial charge on any atom is -0.377 e. The third-order valence-corrected chi connectivity index (χ3v) is 5.99. The number of sulfonamides is 1. The number of urea groups is 1. The standard InChI is InChI=1S/C19H23FN6O4S/c20-16-5-3-6-17(15(16)12-21)26-9-7-18(25-26)24-19(27)22-8-11-31(28,29)23-13-14-4-1-2-10-30-14/h3,5-7,9,14,23H,1-2,4,8,10-11,13H2,(H2,22,24,25,27). The van der Waals surface area contributed by atoms with Crippen molar-refractivity contribution in [1.82, 2.24) is 19.8 Å². The number of rotatable bonds is 8. The summed E-state index contributed by atoms with van der Waals surface area (Å²) in [5.74, 6) is -0.801. The van der Waals surface area contributed by atoms with E-state index < -0.39 is 21.9 Å². The molecular formula is C19H23FN6O4S. The molecule has 3 rings (SSSR count). The molecule has 2 amide bonds. The van der Waals surface area contributed by atoms with Gasteiger partial charge >= 0.3 is 6.03 Å². The van der Waals surface area contributed by atoms with Crippen molar-refractivity contribution in [3.8, 4) is 11.8 Å². The summed E-state index contributed by atoms with van der Waals surface area (Å²) >= 11 is 0.